The van der Waals surface area contributed by atoms with Gasteiger partial charge in [0.2, 0.25) is 0 Å². The standard InChI is InChI=1S/C14H9BrF2O2/c1-19-9-4-2-8(3-5-9)14(18)10-6-13(17)11(15)7-12(10)16/h2-7H,1H3. The van der Waals surface area contributed by atoms with Crippen molar-refractivity contribution in [3.8, 4) is 5.75 Å². The molecule has 0 fully saturated rings. The molecule has 0 N–H and O–H groups in total. The molecule has 2 aromatic carbocycles. The van der Waals surface area contributed by atoms with E-state index in [1.54, 1.807) is 12.1 Å². The second-order valence-electron chi connectivity index (χ2n) is 3.80. The molecule has 0 aliphatic carbocycles. The van der Waals surface area contributed by atoms with E-state index >= 15 is 0 Å². The molecule has 0 aromatic heterocycles. The van der Waals surface area contributed by atoms with Gasteiger partial charge in [0, 0.05) is 5.56 Å². The lowest BCUT2D eigenvalue weighted by molar-refractivity contribution is 0.103. The van der Waals surface area contributed by atoms with Gasteiger partial charge < -0.3 is 4.74 Å². The second-order valence-corrected chi connectivity index (χ2v) is 4.66. The Morgan fingerprint density at radius 2 is 1.74 bits per heavy atom. The van der Waals surface area contributed by atoms with Gasteiger partial charge in [-0.15, -0.1) is 0 Å². The van der Waals surface area contributed by atoms with Crippen molar-refractivity contribution in [3.63, 3.8) is 0 Å². The number of benzene rings is 2. The number of methoxy groups -OCH3 is 1. The van der Waals surface area contributed by atoms with Crippen molar-refractivity contribution in [2.24, 2.45) is 0 Å². The van der Waals surface area contributed by atoms with Crippen LogP contribution in [0, 0.1) is 11.6 Å². The van der Waals surface area contributed by atoms with Gasteiger partial charge in [0.25, 0.3) is 0 Å². The number of carbonyl (C=O) groups excluding carboxylic acids is 1. The fourth-order valence-electron chi connectivity index (χ4n) is 1.59. The summed E-state index contributed by atoms with van der Waals surface area (Å²) in [6, 6.07) is 7.99. The first kappa shape index (κ1) is 13.7. The van der Waals surface area contributed by atoms with Crippen LogP contribution in [-0.4, -0.2) is 12.9 Å². The summed E-state index contributed by atoms with van der Waals surface area (Å²) in [6.45, 7) is 0. The molecule has 5 heteroatoms. The maximum Gasteiger partial charge on any atom is 0.196 e. The fourth-order valence-corrected chi connectivity index (χ4v) is 1.91. The van der Waals surface area contributed by atoms with Gasteiger partial charge in [-0.05, 0) is 52.3 Å². The van der Waals surface area contributed by atoms with Gasteiger partial charge in [-0.25, -0.2) is 8.78 Å². The molecule has 0 bridgehead atoms. The zero-order valence-electron chi connectivity index (χ0n) is 9.91. The summed E-state index contributed by atoms with van der Waals surface area (Å²) in [7, 11) is 1.50. The molecule has 98 valence electrons. The number of ketones is 1. The van der Waals surface area contributed by atoms with Gasteiger partial charge in [-0.2, -0.15) is 0 Å². The second kappa shape index (κ2) is 5.48. The monoisotopic (exact) mass is 326 g/mol. The zero-order chi connectivity index (χ0) is 14.0. The normalized spacial score (nSPS) is 10.3. The number of halogens is 3. The predicted molar refractivity (Wildman–Crippen MR) is 70.5 cm³/mol. The molecule has 2 aromatic rings. The van der Waals surface area contributed by atoms with Crippen LogP contribution in [-0.2, 0) is 0 Å². The van der Waals surface area contributed by atoms with E-state index in [1.807, 2.05) is 0 Å². The summed E-state index contributed by atoms with van der Waals surface area (Å²) in [6.07, 6.45) is 0. The van der Waals surface area contributed by atoms with Crippen molar-refractivity contribution >= 4 is 21.7 Å². The average Bonchev–Trinajstić information content (AvgIpc) is 2.42. The first-order valence-corrected chi connectivity index (χ1v) is 6.15. The van der Waals surface area contributed by atoms with E-state index in [9.17, 15) is 13.6 Å². The minimum Gasteiger partial charge on any atom is -0.497 e. The van der Waals surface area contributed by atoms with Gasteiger partial charge in [0.05, 0.1) is 17.1 Å². The molecule has 0 unspecified atom stereocenters. The Labute approximate surface area is 117 Å². The SMILES string of the molecule is COc1ccc(C(=O)c2cc(F)c(Br)cc2F)cc1. The lowest BCUT2D eigenvalue weighted by atomic mass is 10.0. The fraction of sp³-hybridized carbons (Fsp3) is 0.0714. The summed E-state index contributed by atoms with van der Waals surface area (Å²) in [4.78, 5) is 12.1. The zero-order valence-corrected chi connectivity index (χ0v) is 11.5. The topological polar surface area (TPSA) is 26.3 Å². The molecule has 0 aliphatic rings. The Hall–Kier alpha value is -1.75. The van der Waals surface area contributed by atoms with Gasteiger partial charge >= 0.3 is 0 Å². The van der Waals surface area contributed by atoms with E-state index in [4.69, 9.17) is 4.74 Å². The summed E-state index contributed by atoms with van der Waals surface area (Å²) < 4.78 is 32.0. The van der Waals surface area contributed by atoms with Crippen LogP contribution in [0.5, 0.6) is 5.75 Å². The highest BCUT2D eigenvalue weighted by Gasteiger charge is 2.16. The first-order chi connectivity index (χ1) is 9.02. The molecule has 0 heterocycles. The minimum atomic E-state index is -0.769. The molecular formula is C14H9BrF2O2. The molecule has 0 aliphatic heterocycles. The van der Waals surface area contributed by atoms with Crippen LogP contribution in [0.2, 0.25) is 0 Å². The van der Waals surface area contributed by atoms with Crippen LogP contribution in [0.1, 0.15) is 15.9 Å². The maximum atomic E-state index is 13.7. The lowest BCUT2D eigenvalue weighted by Crippen LogP contribution is -2.05. The Bertz CT molecular complexity index is 624. The molecule has 0 saturated heterocycles. The summed E-state index contributed by atoms with van der Waals surface area (Å²) in [5, 5.41) is 0. The minimum absolute atomic E-state index is 0.0173. The smallest absolute Gasteiger partial charge is 0.196 e. The van der Waals surface area contributed by atoms with Gasteiger partial charge in [0.15, 0.2) is 5.78 Å². The molecule has 0 spiro atoms. The van der Waals surface area contributed by atoms with Crippen LogP contribution < -0.4 is 4.74 Å². The summed E-state index contributed by atoms with van der Waals surface area (Å²) >= 11 is 2.86. The number of hydrogen-bond donors (Lipinski definition) is 0. The van der Waals surface area contributed by atoms with Crippen LogP contribution >= 0.6 is 15.9 Å². The van der Waals surface area contributed by atoms with Crippen LogP contribution in [0.3, 0.4) is 0 Å². The largest absolute Gasteiger partial charge is 0.497 e. The van der Waals surface area contributed by atoms with Crippen molar-refractivity contribution in [2.45, 2.75) is 0 Å². The van der Waals surface area contributed by atoms with Crippen molar-refractivity contribution in [3.05, 3.63) is 63.6 Å². The molecule has 0 atom stereocenters. The number of hydrogen-bond acceptors (Lipinski definition) is 2. The van der Waals surface area contributed by atoms with Crippen molar-refractivity contribution < 1.29 is 18.3 Å². The number of ether oxygens (including phenoxy) is 1. The van der Waals surface area contributed by atoms with Gasteiger partial charge in [-0.1, -0.05) is 0 Å². The van der Waals surface area contributed by atoms with Crippen molar-refractivity contribution in [1.82, 2.24) is 0 Å². The van der Waals surface area contributed by atoms with Crippen molar-refractivity contribution in [1.29, 1.82) is 0 Å². The Kier molecular flexibility index (Phi) is 3.95. The highest BCUT2D eigenvalue weighted by Crippen LogP contribution is 2.22. The quantitative estimate of drug-likeness (QED) is 0.630. The molecule has 2 rings (SSSR count). The summed E-state index contributed by atoms with van der Waals surface area (Å²) in [5.74, 6) is -1.45. The van der Waals surface area contributed by atoms with Crippen molar-refractivity contribution in [2.75, 3.05) is 7.11 Å². The van der Waals surface area contributed by atoms with E-state index < -0.39 is 17.4 Å². The molecule has 0 radical (unpaired) electrons. The van der Waals surface area contributed by atoms with Crippen LogP contribution in [0.25, 0.3) is 0 Å². The Morgan fingerprint density at radius 1 is 1.11 bits per heavy atom. The third-order valence-corrected chi connectivity index (χ3v) is 3.21. The highest BCUT2D eigenvalue weighted by atomic mass is 79.9. The first-order valence-electron chi connectivity index (χ1n) is 5.36. The number of carbonyl (C=O) groups is 1. The Balaban J connectivity index is 2.40. The number of rotatable bonds is 3. The van der Waals surface area contributed by atoms with Gasteiger partial charge in [-0.3, -0.25) is 4.79 Å². The van der Waals surface area contributed by atoms with E-state index in [-0.39, 0.29) is 15.6 Å². The predicted octanol–water partition coefficient (Wildman–Crippen LogP) is 3.97. The average molecular weight is 327 g/mol. The summed E-state index contributed by atoms with van der Waals surface area (Å²) in [5.41, 5.74) is -0.0349. The van der Waals surface area contributed by atoms with E-state index in [0.29, 0.717) is 5.75 Å². The van der Waals surface area contributed by atoms with Crippen LogP contribution in [0.15, 0.2) is 40.9 Å². The third-order valence-electron chi connectivity index (χ3n) is 2.61. The lowest BCUT2D eigenvalue weighted by Gasteiger charge is -2.05. The molecule has 2 nitrogen and oxygen atoms in total. The van der Waals surface area contributed by atoms with E-state index in [0.717, 1.165) is 12.1 Å². The van der Waals surface area contributed by atoms with E-state index in [2.05, 4.69) is 15.9 Å². The molecule has 19 heavy (non-hydrogen) atoms. The molecule has 0 saturated carbocycles. The Morgan fingerprint density at radius 3 is 2.32 bits per heavy atom. The maximum absolute atomic E-state index is 13.7. The third kappa shape index (κ3) is 2.81. The molecule has 0 amide bonds. The highest BCUT2D eigenvalue weighted by molar-refractivity contribution is 9.10. The van der Waals surface area contributed by atoms with Crippen LogP contribution in [0.4, 0.5) is 8.78 Å². The van der Waals surface area contributed by atoms with Gasteiger partial charge in [0.1, 0.15) is 17.4 Å². The van der Waals surface area contributed by atoms with E-state index in [1.165, 1.54) is 19.2 Å². The molecular weight excluding hydrogens is 318 g/mol.